The minimum Gasteiger partial charge on any atom is -0.454 e. The zero-order chi connectivity index (χ0) is 23.4. The van der Waals surface area contributed by atoms with Crippen LogP contribution in [0.2, 0.25) is 0 Å². The number of hydrogen-bond donors (Lipinski definition) is 1. The molecule has 1 aromatic heterocycles. The van der Waals surface area contributed by atoms with Gasteiger partial charge >= 0.3 is 0 Å². The van der Waals surface area contributed by atoms with Gasteiger partial charge in [0.25, 0.3) is 0 Å². The fourth-order valence-electron chi connectivity index (χ4n) is 4.92. The van der Waals surface area contributed by atoms with Crippen LogP contribution >= 0.6 is 0 Å². The molecule has 0 radical (unpaired) electrons. The van der Waals surface area contributed by atoms with Gasteiger partial charge in [0.1, 0.15) is 0 Å². The van der Waals surface area contributed by atoms with Gasteiger partial charge < -0.3 is 14.0 Å². The van der Waals surface area contributed by atoms with Crippen LogP contribution in [0, 0.1) is 6.92 Å². The normalized spacial score (nSPS) is 14.2. The Morgan fingerprint density at radius 2 is 1.82 bits per heavy atom. The monoisotopic (exact) mass is 453 g/mol. The third kappa shape index (κ3) is 4.08. The molecular weight excluding hydrogens is 422 g/mol. The van der Waals surface area contributed by atoms with Crippen molar-refractivity contribution in [2.45, 2.75) is 45.3 Å². The maximum Gasteiger partial charge on any atom is 0.231 e. The molecule has 0 saturated heterocycles. The molecule has 1 aliphatic rings. The summed E-state index contributed by atoms with van der Waals surface area (Å²) in [5, 5.41) is 3.95. The van der Waals surface area contributed by atoms with Gasteiger partial charge in [0.2, 0.25) is 6.79 Å². The van der Waals surface area contributed by atoms with Crippen molar-refractivity contribution in [3.05, 3.63) is 113 Å². The number of ether oxygens (including phenoxy) is 2. The van der Waals surface area contributed by atoms with E-state index in [0.717, 1.165) is 36.3 Å². The summed E-state index contributed by atoms with van der Waals surface area (Å²) in [4.78, 5) is 4.25. The van der Waals surface area contributed by atoms with E-state index in [9.17, 15) is 0 Å². The Labute approximate surface area is 201 Å². The largest absolute Gasteiger partial charge is 0.454 e. The molecule has 0 saturated carbocycles. The van der Waals surface area contributed by atoms with Crippen LogP contribution in [0.1, 0.15) is 47.6 Å². The average molecular weight is 454 g/mol. The average Bonchev–Trinajstić information content (AvgIpc) is 3.56. The first kappa shape index (κ1) is 22.2. The Morgan fingerprint density at radius 3 is 2.62 bits per heavy atom. The van der Waals surface area contributed by atoms with Gasteiger partial charge in [-0.2, -0.15) is 0 Å². The van der Waals surface area contributed by atoms with E-state index in [2.05, 4.69) is 89.4 Å². The van der Waals surface area contributed by atoms with Crippen LogP contribution in [0.25, 0.3) is 0 Å². The van der Waals surface area contributed by atoms with E-state index in [4.69, 9.17) is 9.47 Å². The number of benzene rings is 3. The van der Waals surface area contributed by atoms with Crippen molar-refractivity contribution in [3.63, 3.8) is 0 Å². The van der Waals surface area contributed by atoms with Crippen LogP contribution in [0.15, 0.2) is 85.5 Å². The SMILES string of the molecule is CCCCc1c(C)cccc1C(NCn1ccnc1)(c1ccccc1)c1ccc2c(c1)OCO2. The lowest BCUT2D eigenvalue weighted by molar-refractivity contribution is 0.174. The molecule has 0 amide bonds. The van der Waals surface area contributed by atoms with Gasteiger partial charge in [0, 0.05) is 12.4 Å². The number of fused-ring (bicyclic) bond motifs is 1. The molecule has 174 valence electrons. The molecule has 3 aromatic carbocycles. The molecule has 5 nitrogen and oxygen atoms in total. The highest BCUT2D eigenvalue weighted by atomic mass is 16.7. The minimum absolute atomic E-state index is 0.256. The standard InChI is InChI=1S/C29H31N3O2/c1-3-4-12-25-22(2)9-8-13-26(25)29(23-10-6-5-7-11-23,31-20-32-17-16-30-19-32)24-14-15-27-28(18-24)34-21-33-27/h5-11,13-19,31H,3-4,12,20-21H2,1-2H3. The molecule has 1 atom stereocenters. The fourth-order valence-corrected chi connectivity index (χ4v) is 4.92. The Balaban J connectivity index is 1.76. The van der Waals surface area contributed by atoms with Crippen molar-refractivity contribution in [2.24, 2.45) is 0 Å². The molecule has 2 heterocycles. The second-order valence-corrected chi connectivity index (χ2v) is 8.80. The molecule has 34 heavy (non-hydrogen) atoms. The highest BCUT2D eigenvalue weighted by molar-refractivity contribution is 5.57. The van der Waals surface area contributed by atoms with E-state index < -0.39 is 5.54 Å². The van der Waals surface area contributed by atoms with Crippen LogP contribution < -0.4 is 14.8 Å². The van der Waals surface area contributed by atoms with Crippen molar-refractivity contribution < 1.29 is 9.47 Å². The van der Waals surface area contributed by atoms with Gasteiger partial charge in [0.15, 0.2) is 11.5 Å². The number of aryl methyl sites for hydroxylation is 1. The number of rotatable bonds is 9. The number of imidazole rings is 1. The minimum atomic E-state index is -0.596. The Hall–Kier alpha value is -3.57. The summed E-state index contributed by atoms with van der Waals surface area (Å²) < 4.78 is 13.5. The van der Waals surface area contributed by atoms with E-state index in [1.54, 1.807) is 0 Å². The van der Waals surface area contributed by atoms with E-state index in [1.807, 2.05) is 24.8 Å². The van der Waals surface area contributed by atoms with Crippen LogP contribution in [0.5, 0.6) is 11.5 Å². The van der Waals surface area contributed by atoms with Crippen LogP contribution in [-0.4, -0.2) is 16.3 Å². The van der Waals surface area contributed by atoms with Crippen molar-refractivity contribution in [2.75, 3.05) is 6.79 Å². The lowest BCUT2D eigenvalue weighted by Gasteiger charge is -2.39. The highest BCUT2D eigenvalue weighted by Crippen LogP contribution is 2.43. The van der Waals surface area contributed by atoms with Gasteiger partial charge in [0.05, 0.1) is 18.5 Å². The molecule has 5 heteroatoms. The maximum absolute atomic E-state index is 5.81. The summed E-state index contributed by atoms with van der Waals surface area (Å²) in [6.45, 7) is 5.33. The Kier molecular flexibility index (Phi) is 6.37. The van der Waals surface area contributed by atoms with Gasteiger partial charge in [-0.3, -0.25) is 5.32 Å². The number of unbranched alkanes of at least 4 members (excludes halogenated alkanes) is 1. The zero-order valence-corrected chi connectivity index (χ0v) is 19.8. The third-order valence-corrected chi connectivity index (χ3v) is 6.69. The number of nitrogens with one attached hydrogen (secondary N) is 1. The molecule has 0 spiro atoms. The second kappa shape index (κ2) is 9.74. The van der Waals surface area contributed by atoms with E-state index in [0.29, 0.717) is 6.67 Å². The molecule has 5 rings (SSSR count). The van der Waals surface area contributed by atoms with Gasteiger partial charge in [-0.15, -0.1) is 0 Å². The first-order valence-corrected chi connectivity index (χ1v) is 12.0. The zero-order valence-electron chi connectivity index (χ0n) is 19.8. The van der Waals surface area contributed by atoms with Crippen LogP contribution in [-0.2, 0) is 18.6 Å². The molecule has 1 unspecified atom stereocenters. The first-order valence-electron chi connectivity index (χ1n) is 12.0. The maximum atomic E-state index is 5.81. The van der Waals surface area contributed by atoms with Crippen molar-refractivity contribution in [1.82, 2.24) is 14.9 Å². The van der Waals surface area contributed by atoms with Gasteiger partial charge in [-0.05, 0) is 59.7 Å². The first-order chi connectivity index (χ1) is 16.7. The summed E-state index contributed by atoms with van der Waals surface area (Å²) in [5.74, 6) is 1.57. The Morgan fingerprint density at radius 1 is 0.971 bits per heavy atom. The third-order valence-electron chi connectivity index (χ3n) is 6.69. The van der Waals surface area contributed by atoms with Crippen molar-refractivity contribution >= 4 is 0 Å². The van der Waals surface area contributed by atoms with Crippen molar-refractivity contribution in [1.29, 1.82) is 0 Å². The summed E-state index contributed by atoms with van der Waals surface area (Å²) in [6.07, 6.45) is 8.97. The van der Waals surface area contributed by atoms with E-state index >= 15 is 0 Å². The van der Waals surface area contributed by atoms with Crippen LogP contribution in [0.4, 0.5) is 0 Å². The van der Waals surface area contributed by atoms with Gasteiger partial charge in [-0.25, -0.2) is 4.98 Å². The number of aromatic nitrogens is 2. The summed E-state index contributed by atoms with van der Waals surface area (Å²) >= 11 is 0. The second-order valence-electron chi connectivity index (χ2n) is 8.80. The summed E-state index contributed by atoms with van der Waals surface area (Å²) in [6, 6.07) is 23.7. The molecule has 1 aliphatic heterocycles. The van der Waals surface area contributed by atoms with Crippen LogP contribution in [0.3, 0.4) is 0 Å². The topological polar surface area (TPSA) is 48.3 Å². The van der Waals surface area contributed by atoms with Crippen molar-refractivity contribution in [3.8, 4) is 11.5 Å². The molecular formula is C29H31N3O2. The van der Waals surface area contributed by atoms with Gasteiger partial charge in [-0.1, -0.05) is 67.9 Å². The summed E-state index contributed by atoms with van der Waals surface area (Å²) in [5.41, 5.74) is 5.68. The molecule has 4 aromatic rings. The number of hydrogen-bond acceptors (Lipinski definition) is 4. The predicted octanol–water partition coefficient (Wildman–Crippen LogP) is 5.80. The smallest absolute Gasteiger partial charge is 0.231 e. The van der Waals surface area contributed by atoms with E-state index in [1.165, 1.54) is 22.3 Å². The lowest BCUT2D eigenvalue weighted by atomic mass is 9.73. The molecule has 0 bridgehead atoms. The highest BCUT2D eigenvalue weighted by Gasteiger charge is 2.39. The van der Waals surface area contributed by atoms with E-state index in [-0.39, 0.29) is 6.79 Å². The molecule has 0 aliphatic carbocycles. The summed E-state index contributed by atoms with van der Waals surface area (Å²) in [7, 11) is 0. The Bertz CT molecular complexity index is 1240. The fraction of sp³-hybridized carbons (Fsp3) is 0.276. The predicted molar refractivity (Wildman–Crippen MR) is 134 cm³/mol. The molecule has 1 N–H and O–H groups in total. The quantitative estimate of drug-likeness (QED) is 0.325. The molecule has 0 fully saturated rings. The number of nitrogens with zero attached hydrogens (tertiary/aromatic N) is 2. The lowest BCUT2D eigenvalue weighted by Crippen LogP contribution is -2.46.